The maximum atomic E-state index is 13.5. The van der Waals surface area contributed by atoms with Gasteiger partial charge < -0.3 is 10.1 Å². The molecular weight excluding hydrogens is 286 g/mol. The van der Waals surface area contributed by atoms with Gasteiger partial charge in [0.1, 0.15) is 5.82 Å². The number of halogens is 4. The molecule has 1 aliphatic rings. The van der Waals surface area contributed by atoms with E-state index in [0.717, 1.165) is 24.6 Å². The number of benzene rings is 1. The molecule has 1 aromatic rings. The van der Waals surface area contributed by atoms with Crippen LogP contribution in [0.3, 0.4) is 0 Å². The van der Waals surface area contributed by atoms with Gasteiger partial charge in [0.05, 0.1) is 12.2 Å². The molecule has 2 unspecified atom stereocenters. The van der Waals surface area contributed by atoms with Crippen molar-refractivity contribution < 1.29 is 22.3 Å². The van der Waals surface area contributed by atoms with Gasteiger partial charge in [-0.1, -0.05) is 6.92 Å². The van der Waals surface area contributed by atoms with Crippen molar-refractivity contribution in [2.75, 3.05) is 19.8 Å². The Kier molecular flexibility index (Phi) is 5.22. The van der Waals surface area contributed by atoms with Gasteiger partial charge >= 0.3 is 6.18 Å². The van der Waals surface area contributed by atoms with Crippen LogP contribution in [0.4, 0.5) is 17.6 Å². The van der Waals surface area contributed by atoms with Crippen molar-refractivity contribution in [2.45, 2.75) is 32.0 Å². The van der Waals surface area contributed by atoms with Crippen LogP contribution < -0.4 is 5.32 Å². The number of rotatable bonds is 5. The summed E-state index contributed by atoms with van der Waals surface area (Å²) in [7, 11) is 0. The van der Waals surface area contributed by atoms with Crippen LogP contribution in [0.2, 0.25) is 0 Å². The average Bonchev–Trinajstić information content (AvgIpc) is 2.92. The zero-order valence-electron chi connectivity index (χ0n) is 11.8. The summed E-state index contributed by atoms with van der Waals surface area (Å²) in [6, 6.07) is 2.13. The second-order valence-corrected chi connectivity index (χ2v) is 5.28. The third kappa shape index (κ3) is 3.95. The molecule has 0 aromatic heterocycles. The van der Waals surface area contributed by atoms with Gasteiger partial charge in [-0.15, -0.1) is 0 Å². The fourth-order valence-corrected chi connectivity index (χ4v) is 2.70. The van der Waals surface area contributed by atoms with Crippen molar-refractivity contribution in [3.05, 3.63) is 35.1 Å². The summed E-state index contributed by atoms with van der Waals surface area (Å²) in [6.45, 7) is 3.45. The lowest BCUT2D eigenvalue weighted by Crippen LogP contribution is -2.31. The molecule has 118 valence electrons. The fraction of sp³-hybridized carbons (Fsp3) is 0.600. The Morgan fingerprint density at radius 2 is 2.14 bits per heavy atom. The van der Waals surface area contributed by atoms with Gasteiger partial charge in [-0.25, -0.2) is 4.39 Å². The van der Waals surface area contributed by atoms with Gasteiger partial charge in [-0.2, -0.15) is 13.2 Å². The Balaban J connectivity index is 2.39. The molecule has 0 amide bonds. The molecule has 0 radical (unpaired) electrons. The quantitative estimate of drug-likeness (QED) is 0.833. The first-order valence-corrected chi connectivity index (χ1v) is 7.11. The van der Waals surface area contributed by atoms with Crippen LogP contribution in [0.1, 0.15) is 36.9 Å². The average molecular weight is 305 g/mol. The first-order valence-electron chi connectivity index (χ1n) is 7.11. The fourth-order valence-electron chi connectivity index (χ4n) is 2.70. The maximum absolute atomic E-state index is 13.5. The predicted molar refractivity (Wildman–Crippen MR) is 71.4 cm³/mol. The maximum Gasteiger partial charge on any atom is 0.416 e. The molecule has 1 fully saturated rings. The highest BCUT2D eigenvalue weighted by Gasteiger charge is 2.38. The SMILES string of the molecule is CCCNC(c1cc(F)ccc1C(F)(F)F)C1CCOC1. The molecule has 0 bridgehead atoms. The number of hydrogen-bond acceptors (Lipinski definition) is 2. The summed E-state index contributed by atoms with van der Waals surface area (Å²) in [5.74, 6) is -0.723. The van der Waals surface area contributed by atoms with Crippen molar-refractivity contribution in [1.29, 1.82) is 0 Å². The lowest BCUT2D eigenvalue weighted by atomic mass is 9.89. The second-order valence-electron chi connectivity index (χ2n) is 5.28. The normalized spacial score (nSPS) is 20.7. The molecule has 6 heteroatoms. The summed E-state index contributed by atoms with van der Waals surface area (Å²) < 4.78 is 58.3. The van der Waals surface area contributed by atoms with Crippen molar-refractivity contribution in [2.24, 2.45) is 5.92 Å². The predicted octanol–water partition coefficient (Wildman–Crippen LogP) is 3.92. The van der Waals surface area contributed by atoms with Crippen LogP contribution in [-0.4, -0.2) is 19.8 Å². The van der Waals surface area contributed by atoms with Gasteiger partial charge in [-0.3, -0.25) is 0 Å². The van der Waals surface area contributed by atoms with Gasteiger partial charge in [0.15, 0.2) is 0 Å². The van der Waals surface area contributed by atoms with Crippen molar-refractivity contribution >= 4 is 0 Å². The number of hydrogen-bond donors (Lipinski definition) is 1. The Labute approximate surface area is 121 Å². The molecule has 1 aliphatic heterocycles. The molecule has 21 heavy (non-hydrogen) atoms. The van der Waals surface area contributed by atoms with Crippen molar-refractivity contribution in [3.8, 4) is 0 Å². The van der Waals surface area contributed by atoms with Crippen molar-refractivity contribution in [1.82, 2.24) is 5.32 Å². The molecule has 1 saturated heterocycles. The van der Waals surface area contributed by atoms with E-state index in [-0.39, 0.29) is 11.5 Å². The first kappa shape index (κ1) is 16.2. The zero-order chi connectivity index (χ0) is 15.5. The highest BCUT2D eigenvalue weighted by molar-refractivity contribution is 5.33. The van der Waals surface area contributed by atoms with E-state index in [1.807, 2.05) is 6.92 Å². The van der Waals surface area contributed by atoms with E-state index in [2.05, 4.69) is 5.32 Å². The molecule has 0 aliphatic carbocycles. The Morgan fingerprint density at radius 1 is 1.38 bits per heavy atom. The van der Waals surface area contributed by atoms with E-state index in [9.17, 15) is 17.6 Å². The topological polar surface area (TPSA) is 21.3 Å². The number of alkyl halides is 3. The summed E-state index contributed by atoms with van der Waals surface area (Å²) in [4.78, 5) is 0. The molecule has 1 aromatic carbocycles. The molecule has 0 spiro atoms. The van der Waals surface area contributed by atoms with E-state index in [4.69, 9.17) is 4.74 Å². The van der Waals surface area contributed by atoms with E-state index < -0.39 is 23.6 Å². The minimum atomic E-state index is -4.49. The van der Waals surface area contributed by atoms with Crippen LogP contribution in [0.15, 0.2) is 18.2 Å². The smallest absolute Gasteiger partial charge is 0.381 e. The molecule has 0 saturated carbocycles. The largest absolute Gasteiger partial charge is 0.416 e. The summed E-state index contributed by atoms with van der Waals surface area (Å²) in [5, 5.41) is 3.12. The lowest BCUT2D eigenvalue weighted by molar-refractivity contribution is -0.138. The van der Waals surface area contributed by atoms with Gasteiger partial charge in [-0.05, 0) is 43.1 Å². The minimum absolute atomic E-state index is 0.0218. The Bertz CT molecular complexity index is 469. The highest BCUT2D eigenvalue weighted by atomic mass is 19.4. The third-order valence-electron chi connectivity index (χ3n) is 3.70. The van der Waals surface area contributed by atoms with Crippen molar-refractivity contribution in [3.63, 3.8) is 0 Å². The van der Waals surface area contributed by atoms with E-state index >= 15 is 0 Å². The van der Waals surface area contributed by atoms with E-state index in [0.29, 0.717) is 26.2 Å². The lowest BCUT2D eigenvalue weighted by Gasteiger charge is -2.27. The molecule has 1 N–H and O–H groups in total. The zero-order valence-corrected chi connectivity index (χ0v) is 11.8. The van der Waals surface area contributed by atoms with Crippen LogP contribution in [0.25, 0.3) is 0 Å². The van der Waals surface area contributed by atoms with Crippen LogP contribution in [0, 0.1) is 11.7 Å². The van der Waals surface area contributed by atoms with E-state index in [1.54, 1.807) is 0 Å². The van der Waals surface area contributed by atoms with Gasteiger partial charge in [0.2, 0.25) is 0 Å². The Hall–Kier alpha value is -1.14. The first-order chi connectivity index (χ1) is 9.93. The summed E-state index contributed by atoms with van der Waals surface area (Å²) in [6.07, 6.45) is -3.02. The molecule has 2 atom stereocenters. The highest BCUT2D eigenvalue weighted by Crippen LogP contribution is 2.38. The molecular formula is C15H19F4NO. The third-order valence-corrected chi connectivity index (χ3v) is 3.70. The Morgan fingerprint density at radius 3 is 2.71 bits per heavy atom. The summed E-state index contributed by atoms with van der Waals surface area (Å²) >= 11 is 0. The standard InChI is InChI=1S/C15H19F4NO/c1-2-6-20-14(10-5-7-21-9-10)12-8-11(16)3-4-13(12)15(17,18)19/h3-4,8,10,14,20H,2,5-7,9H2,1H3. The summed E-state index contributed by atoms with van der Waals surface area (Å²) in [5.41, 5.74) is -0.796. The number of ether oxygens (including phenoxy) is 1. The molecule has 2 rings (SSSR count). The molecule has 2 nitrogen and oxygen atoms in total. The van der Waals surface area contributed by atoms with Crippen LogP contribution >= 0.6 is 0 Å². The second kappa shape index (κ2) is 6.75. The monoisotopic (exact) mass is 305 g/mol. The minimum Gasteiger partial charge on any atom is -0.381 e. The van der Waals surface area contributed by atoms with Gasteiger partial charge in [0, 0.05) is 18.6 Å². The van der Waals surface area contributed by atoms with Crippen LogP contribution in [-0.2, 0) is 10.9 Å². The molecule has 1 heterocycles. The number of nitrogens with one attached hydrogen (secondary N) is 1. The van der Waals surface area contributed by atoms with Gasteiger partial charge in [0.25, 0.3) is 0 Å². The van der Waals surface area contributed by atoms with E-state index in [1.165, 1.54) is 0 Å². The van der Waals surface area contributed by atoms with Crippen LogP contribution in [0.5, 0.6) is 0 Å².